The molecule has 2 aromatic rings. The van der Waals surface area contributed by atoms with Crippen LogP contribution in [0.5, 0.6) is 5.75 Å². The topological polar surface area (TPSA) is 40.5 Å². The van der Waals surface area contributed by atoms with Gasteiger partial charge in [-0.15, -0.1) is 11.6 Å². The summed E-state index contributed by atoms with van der Waals surface area (Å²) in [6.45, 7) is 0.523. The van der Waals surface area contributed by atoms with Gasteiger partial charge in [0.25, 0.3) is 0 Å². The van der Waals surface area contributed by atoms with Crippen molar-refractivity contribution in [3.8, 4) is 5.75 Å². The summed E-state index contributed by atoms with van der Waals surface area (Å²) in [5.74, 6) is 0.231. The van der Waals surface area contributed by atoms with E-state index in [9.17, 15) is 9.90 Å². The summed E-state index contributed by atoms with van der Waals surface area (Å²) in [4.78, 5) is 13.6. The van der Waals surface area contributed by atoms with E-state index in [1.807, 2.05) is 24.3 Å². The largest absolute Gasteiger partial charge is 0.508 e. The minimum atomic E-state index is -0.134. The van der Waals surface area contributed by atoms with Crippen molar-refractivity contribution in [2.75, 3.05) is 11.4 Å². The summed E-state index contributed by atoms with van der Waals surface area (Å²) in [7, 11) is 0. The van der Waals surface area contributed by atoms with Crippen LogP contribution in [0.1, 0.15) is 6.42 Å². The van der Waals surface area contributed by atoms with Crippen LogP contribution in [0.3, 0.4) is 0 Å². The molecule has 1 aliphatic heterocycles. The zero-order chi connectivity index (χ0) is 12.7. The summed E-state index contributed by atoms with van der Waals surface area (Å²) >= 11 is 6.02. The van der Waals surface area contributed by atoms with Gasteiger partial charge in [0.2, 0.25) is 5.91 Å². The van der Waals surface area contributed by atoms with Gasteiger partial charge in [-0.1, -0.05) is 18.2 Å². The lowest BCUT2D eigenvalue weighted by Gasteiger charge is -2.18. The van der Waals surface area contributed by atoms with E-state index in [0.29, 0.717) is 13.0 Å². The molecule has 92 valence electrons. The molecule has 0 aromatic heterocycles. The molecule has 2 aromatic carbocycles. The van der Waals surface area contributed by atoms with Crippen molar-refractivity contribution in [1.29, 1.82) is 0 Å². The molecule has 1 saturated heterocycles. The van der Waals surface area contributed by atoms with E-state index in [1.54, 1.807) is 17.0 Å². The highest BCUT2D eigenvalue weighted by molar-refractivity contribution is 6.24. The predicted octanol–water partition coefficient (Wildman–Crippen LogP) is 2.89. The third-order valence-electron chi connectivity index (χ3n) is 3.21. The molecule has 18 heavy (non-hydrogen) atoms. The van der Waals surface area contributed by atoms with Gasteiger partial charge in [0, 0.05) is 18.4 Å². The lowest BCUT2D eigenvalue weighted by Crippen LogP contribution is -2.24. The highest BCUT2D eigenvalue weighted by atomic mass is 35.5. The first-order valence-corrected chi connectivity index (χ1v) is 6.25. The van der Waals surface area contributed by atoms with Crippen molar-refractivity contribution in [1.82, 2.24) is 0 Å². The fraction of sp³-hybridized carbons (Fsp3) is 0.214. The number of fused-ring (bicyclic) bond motifs is 1. The number of phenolic OH excluding ortho intramolecular Hbond substituents is 1. The average Bonchev–Trinajstić information content (AvgIpc) is 2.67. The SMILES string of the molecule is O=C1CC(Cl)CN1c1cccc2ccc(O)cc12. The van der Waals surface area contributed by atoms with E-state index < -0.39 is 0 Å². The van der Waals surface area contributed by atoms with E-state index >= 15 is 0 Å². The van der Waals surface area contributed by atoms with Gasteiger partial charge in [-0.3, -0.25) is 4.79 Å². The monoisotopic (exact) mass is 261 g/mol. The molecule has 1 heterocycles. The van der Waals surface area contributed by atoms with Gasteiger partial charge in [0.05, 0.1) is 11.1 Å². The Hall–Kier alpha value is -1.74. The van der Waals surface area contributed by atoms with Crippen molar-refractivity contribution >= 4 is 34.0 Å². The number of benzene rings is 2. The number of nitrogens with zero attached hydrogens (tertiary/aromatic N) is 1. The maximum absolute atomic E-state index is 11.9. The van der Waals surface area contributed by atoms with Crippen LogP contribution in [0, 0.1) is 0 Å². The fourth-order valence-corrected chi connectivity index (χ4v) is 2.65. The van der Waals surface area contributed by atoms with Crippen LogP contribution in [0.2, 0.25) is 0 Å². The predicted molar refractivity (Wildman–Crippen MR) is 72.2 cm³/mol. The molecule has 1 aliphatic rings. The third kappa shape index (κ3) is 1.81. The Morgan fingerprint density at radius 3 is 2.83 bits per heavy atom. The molecule has 1 fully saturated rings. The van der Waals surface area contributed by atoms with Crippen LogP contribution < -0.4 is 4.90 Å². The number of hydrogen-bond donors (Lipinski definition) is 1. The first-order valence-electron chi connectivity index (χ1n) is 5.81. The summed E-state index contributed by atoms with van der Waals surface area (Å²) in [6.07, 6.45) is 0.372. The van der Waals surface area contributed by atoms with E-state index in [4.69, 9.17) is 11.6 Å². The normalized spacial score (nSPS) is 19.7. The van der Waals surface area contributed by atoms with Crippen LogP contribution in [-0.4, -0.2) is 22.9 Å². The Balaban J connectivity index is 2.17. The molecule has 4 heteroatoms. The molecule has 0 saturated carbocycles. The molecule has 1 unspecified atom stereocenters. The van der Waals surface area contributed by atoms with Gasteiger partial charge in [0.1, 0.15) is 5.75 Å². The second-order valence-electron chi connectivity index (χ2n) is 4.49. The van der Waals surface area contributed by atoms with Crippen molar-refractivity contribution in [2.45, 2.75) is 11.8 Å². The van der Waals surface area contributed by atoms with Crippen LogP contribution >= 0.6 is 11.6 Å². The molecule has 1 atom stereocenters. The first-order chi connectivity index (χ1) is 8.65. The summed E-state index contributed by atoms with van der Waals surface area (Å²) < 4.78 is 0. The number of carbonyl (C=O) groups excluding carboxylic acids is 1. The van der Waals surface area contributed by atoms with Crippen molar-refractivity contribution in [3.05, 3.63) is 36.4 Å². The molecule has 1 N–H and O–H groups in total. The second-order valence-corrected chi connectivity index (χ2v) is 5.11. The molecule has 3 rings (SSSR count). The molecule has 1 amide bonds. The number of hydrogen-bond acceptors (Lipinski definition) is 2. The number of carbonyl (C=O) groups is 1. The highest BCUT2D eigenvalue weighted by Gasteiger charge is 2.29. The van der Waals surface area contributed by atoms with Gasteiger partial charge < -0.3 is 10.0 Å². The molecule has 3 nitrogen and oxygen atoms in total. The van der Waals surface area contributed by atoms with Gasteiger partial charge in [-0.25, -0.2) is 0 Å². The van der Waals surface area contributed by atoms with E-state index in [1.165, 1.54) is 0 Å². The fourth-order valence-electron chi connectivity index (χ4n) is 2.38. The number of anilines is 1. The number of rotatable bonds is 1. The number of amides is 1. The van der Waals surface area contributed by atoms with Crippen molar-refractivity contribution in [3.63, 3.8) is 0 Å². The molecule has 0 spiro atoms. The van der Waals surface area contributed by atoms with Crippen LogP contribution in [0.4, 0.5) is 5.69 Å². The second kappa shape index (κ2) is 4.18. The molecule has 0 bridgehead atoms. The molecular formula is C14H12ClNO2. The van der Waals surface area contributed by atoms with Crippen molar-refractivity contribution in [2.24, 2.45) is 0 Å². The summed E-state index contributed by atoms with van der Waals surface area (Å²) in [5, 5.41) is 11.3. The Morgan fingerprint density at radius 2 is 2.11 bits per heavy atom. The lowest BCUT2D eigenvalue weighted by molar-refractivity contribution is -0.117. The Morgan fingerprint density at radius 1 is 1.28 bits per heavy atom. The quantitative estimate of drug-likeness (QED) is 0.802. The molecular weight excluding hydrogens is 250 g/mol. The minimum absolute atomic E-state index is 0.0332. The first kappa shape index (κ1) is 11.4. The minimum Gasteiger partial charge on any atom is -0.508 e. The van der Waals surface area contributed by atoms with Crippen LogP contribution in [0.25, 0.3) is 10.8 Å². The molecule has 0 aliphatic carbocycles. The number of phenols is 1. The number of halogens is 1. The number of alkyl halides is 1. The summed E-state index contributed by atoms with van der Waals surface area (Å²) in [6, 6.07) is 10.9. The number of aromatic hydroxyl groups is 1. The van der Waals surface area contributed by atoms with Gasteiger partial charge >= 0.3 is 0 Å². The maximum atomic E-state index is 11.9. The smallest absolute Gasteiger partial charge is 0.228 e. The van der Waals surface area contributed by atoms with E-state index in [2.05, 4.69) is 0 Å². The Bertz CT molecular complexity index is 626. The van der Waals surface area contributed by atoms with Gasteiger partial charge in [-0.2, -0.15) is 0 Å². The maximum Gasteiger partial charge on any atom is 0.228 e. The average molecular weight is 262 g/mol. The lowest BCUT2D eigenvalue weighted by atomic mass is 10.1. The van der Waals surface area contributed by atoms with Gasteiger partial charge in [0.15, 0.2) is 0 Å². The Labute approximate surface area is 110 Å². The third-order valence-corrected chi connectivity index (χ3v) is 3.50. The zero-order valence-electron chi connectivity index (χ0n) is 9.64. The molecule has 0 radical (unpaired) electrons. The van der Waals surface area contributed by atoms with Crippen LogP contribution in [-0.2, 0) is 4.79 Å². The summed E-state index contributed by atoms with van der Waals surface area (Å²) in [5.41, 5.74) is 0.816. The van der Waals surface area contributed by atoms with E-state index in [-0.39, 0.29) is 17.0 Å². The Kier molecular flexibility index (Phi) is 2.63. The standard InChI is InChI=1S/C14H12ClNO2/c15-10-6-14(18)16(8-10)13-3-1-2-9-4-5-11(17)7-12(9)13/h1-5,7,10,17H,6,8H2. The highest BCUT2D eigenvalue weighted by Crippen LogP contribution is 2.32. The van der Waals surface area contributed by atoms with Crippen LogP contribution in [0.15, 0.2) is 36.4 Å². The van der Waals surface area contributed by atoms with E-state index in [0.717, 1.165) is 16.5 Å². The zero-order valence-corrected chi connectivity index (χ0v) is 10.4. The van der Waals surface area contributed by atoms with Gasteiger partial charge in [-0.05, 0) is 23.6 Å². The van der Waals surface area contributed by atoms with Crippen molar-refractivity contribution < 1.29 is 9.90 Å².